The van der Waals surface area contributed by atoms with Crippen LogP contribution in [-0.2, 0) is 21.2 Å². The molecule has 32 heavy (non-hydrogen) atoms. The summed E-state index contributed by atoms with van der Waals surface area (Å²) in [4.78, 5) is 13.1. The summed E-state index contributed by atoms with van der Waals surface area (Å²) in [6, 6.07) is 19.7. The van der Waals surface area contributed by atoms with E-state index in [1.807, 2.05) is 18.2 Å². The largest absolute Gasteiger partial charge is 0.483 e. The zero-order valence-corrected chi connectivity index (χ0v) is 20.7. The number of amides is 1. The molecule has 3 aromatic rings. The van der Waals surface area contributed by atoms with Crippen LogP contribution in [0.2, 0.25) is 5.02 Å². The Labute approximate surface area is 202 Å². The van der Waals surface area contributed by atoms with E-state index in [9.17, 15) is 13.2 Å². The fourth-order valence-corrected chi connectivity index (χ4v) is 5.00. The van der Waals surface area contributed by atoms with Crippen LogP contribution in [0.5, 0.6) is 5.75 Å². The summed E-state index contributed by atoms with van der Waals surface area (Å²) < 4.78 is 33.9. The maximum absolute atomic E-state index is 13.4. The first-order chi connectivity index (χ1) is 15.3. The highest BCUT2D eigenvalue weighted by molar-refractivity contribution is 9.10. The Morgan fingerprint density at radius 3 is 2.28 bits per heavy atom. The molecule has 0 atom stereocenters. The zero-order valence-electron chi connectivity index (χ0n) is 17.5. The van der Waals surface area contributed by atoms with Gasteiger partial charge in [0.25, 0.3) is 15.9 Å². The normalized spacial score (nSPS) is 11.2. The number of carbonyl (C=O) groups excluding carboxylic acids is 1. The van der Waals surface area contributed by atoms with E-state index < -0.39 is 22.5 Å². The fourth-order valence-electron chi connectivity index (χ4n) is 3.07. The van der Waals surface area contributed by atoms with E-state index in [4.69, 9.17) is 16.3 Å². The standard InChI is InChI=1S/C24H23BrClNO4S/c1-2-3-6-18-9-13-20(14-10-18)27(32(29,30)21-15-11-19(26)12-16-21)24(28)17-31-23-8-5-4-7-22(23)25/h4-5,7-16H,2-3,6,17H2,1H3. The van der Waals surface area contributed by atoms with Gasteiger partial charge in [0.15, 0.2) is 6.61 Å². The second kappa shape index (κ2) is 11.0. The molecular formula is C24H23BrClNO4S. The number of hydrogen-bond donors (Lipinski definition) is 0. The van der Waals surface area contributed by atoms with Crippen molar-refractivity contribution in [3.05, 3.63) is 87.9 Å². The molecule has 8 heteroatoms. The number of nitrogens with zero attached hydrogens (tertiary/aromatic N) is 1. The van der Waals surface area contributed by atoms with Crippen molar-refractivity contribution in [2.45, 2.75) is 31.1 Å². The molecule has 0 aliphatic carbocycles. The molecule has 3 rings (SSSR count). The lowest BCUT2D eigenvalue weighted by atomic mass is 10.1. The maximum atomic E-state index is 13.4. The Kier molecular flexibility index (Phi) is 8.34. The van der Waals surface area contributed by atoms with Gasteiger partial charge in [-0.25, -0.2) is 8.42 Å². The minimum Gasteiger partial charge on any atom is -0.483 e. The molecule has 0 spiro atoms. The van der Waals surface area contributed by atoms with Crippen LogP contribution >= 0.6 is 27.5 Å². The van der Waals surface area contributed by atoms with Gasteiger partial charge in [-0.2, -0.15) is 4.31 Å². The van der Waals surface area contributed by atoms with E-state index in [1.54, 1.807) is 30.3 Å². The zero-order chi connectivity index (χ0) is 23.1. The number of halogens is 2. The first kappa shape index (κ1) is 24.3. The number of para-hydroxylation sites is 1. The van der Waals surface area contributed by atoms with Crippen molar-refractivity contribution >= 4 is 49.1 Å². The molecule has 0 heterocycles. The lowest BCUT2D eigenvalue weighted by Gasteiger charge is -2.23. The van der Waals surface area contributed by atoms with Crippen LogP contribution in [0.4, 0.5) is 5.69 Å². The molecule has 0 saturated heterocycles. The van der Waals surface area contributed by atoms with Crippen molar-refractivity contribution in [3.63, 3.8) is 0 Å². The number of hydrogen-bond acceptors (Lipinski definition) is 4. The average Bonchev–Trinajstić information content (AvgIpc) is 2.78. The van der Waals surface area contributed by atoms with Crippen LogP contribution in [0.3, 0.4) is 0 Å². The summed E-state index contributed by atoms with van der Waals surface area (Å²) in [6.45, 7) is 1.66. The van der Waals surface area contributed by atoms with E-state index in [0.29, 0.717) is 15.2 Å². The van der Waals surface area contributed by atoms with Crippen molar-refractivity contribution in [2.24, 2.45) is 0 Å². The number of anilines is 1. The smallest absolute Gasteiger partial charge is 0.278 e. The molecule has 0 aliphatic rings. The van der Waals surface area contributed by atoms with Crippen LogP contribution < -0.4 is 9.04 Å². The van der Waals surface area contributed by atoms with Gasteiger partial charge in [-0.05, 0) is 82.9 Å². The lowest BCUT2D eigenvalue weighted by molar-refractivity contribution is -0.119. The predicted molar refractivity (Wildman–Crippen MR) is 131 cm³/mol. The summed E-state index contributed by atoms with van der Waals surface area (Å²) >= 11 is 9.27. The van der Waals surface area contributed by atoms with E-state index in [-0.39, 0.29) is 10.6 Å². The Morgan fingerprint density at radius 1 is 1.00 bits per heavy atom. The van der Waals surface area contributed by atoms with E-state index in [2.05, 4.69) is 22.9 Å². The van der Waals surface area contributed by atoms with Gasteiger partial charge in [0.2, 0.25) is 0 Å². The van der Waals surface area contributed by atoms with Gasteiger partial charge in [0.05, 0.1) is 15.1 Å². The first-order valence-electron chi connectivity index (χ1n) is 10.1. The number of unbranched alkanes of at least 4 members (excludes halogenated alkanes) is 1. The molecule has 0 radical (unpaired) electrons. The quantitative estimate of drug-likeness (QED) is 0.324. The highest BCUT2D eigenvalue weighted by Crippen LogP contribution is 2.27. The Morgan fingerprint density at radius 2 is 1.66 bits per heavy atom. The van der Waals surface area contributed by atoms with Gasteiger partial charge in [-0.1, -0.05) is 49.2 Å². The maximum Gasteiger partial charge on any atom is 0.278 e. The summed E-state index contributed by atoms with van der Waals surface area (Å²) in [7, 11) is -4.18. The fraction of sp³-hybridized carbons (Fsp3) is 0.208. The molecule has 0 aromatic heterocycles. The van der Waals surface area contributed by atoms with E-state index in [1.165, 1.54) is 24.3 Å². The second-order valence-corrected chi connectivity index (χ2v) is 10.2. The number of sulfonamides is 1. The van der Waals surface area contributed by atoms with Crippen LogP contribution in [0.25, 0.3) is 0 Å². The molecule has 5 nitrogen and oxygen atoms in total. The number of ether oxygens (including phenoxy) is 1. The summed E-state index contributed by atoms with van der Waals surface area (Å²) in [6.07, 6.45) is 2.98. The van der Waals surface area contributed by atoms with Crippen molar-refractivity contribution in [2.75, 3.05) is 10.9 Å². The number of aryl methyl sites for hydroxylation is 1. The third kappa shape index (κ3) is 5.91. The molecule has 168 valence electrons. The Hall–Kier alpha value is -2.35. The average molecular weight is 537 g/mol. The van der Waals surface area contributed by atoms with Crippen molar-refractivity contribution in [3.8, 4) is 5.75 Å². The Bertz CT molecular complexity index is 1170. The third-order valence-corrected chi connectivity index (χ3v) is 7.43. The molecule has 0 bridgehead atoms. The summed E-state index contributed by atoms with van der Waals surface area (Å²) in [5, 5.41) is 0.402. The van der Waals surface area contributed by atoms with Crippen LogP contribution in [0, 0.1) is 0 Å². The van der Waals surface area contributed by atoms with Gasteiger partial charge in [-0.3, -0.25) is 4.79 Å². The van der Waals surface area contributed by atoms with Gasteiger partial charge in [-0.15, -0.1) is 0 Å². The SMILES string of the molecule is CCCCc1ccc(N(C(=O)COc2ccccc2Br)S(=O)(=O)c2ccc(Cl)cc2)cc1. The highest BCUT2D eigenvalue weighted by Gasteiger charge is 2.31. The van der Waals surface area contributed by atoms with Crippen LogP contribution in [-0.4, -0.2) is 20.9 Å². The second-order valence-electron chi connectivity index (χ2n) is 7.11. The molecule has 0 aliphatic heterocycles. The lowest BCUT2D eigenvalue weighted by Crippen LogP contribution is -2.40. The summed E-state index contributed by atoms with van der Waals surface area (Å²) in [5.74, 6) is -0.267. The van der Waals surface area contributed by atoms with Crippen molar-refractivity contribution < 1.29 is 17.9 Å². The first-order valence-corrected chi connectivity index (χ1v) is 12.7. The molecule has 0 fully saturated rings. The van der Waals surface area contributed by atoms with Crippen molar-refractivity contribution in [1.29, 1.82) is 0 Å². The van der Waals surface area contributed by atoms with Crippen molar-refractivity contribution in [1.82, 2.24) is 0 Å². The third-order valence-electron chi connectivity index (χ3n) is 4.76. The van der Waals surface area contributed by atoms with E-state index in [0.717, 1.165) is 29.1 Å². The molecular weight excluding hydrogens is 514 g/mol. The minimum absolute atomic E-state index is 0.0359. The number of rotatable bonds is 9. The predicted octanol–water partition coefficient (Wildman–Crippen LogP) is 6.25. The van der Waals surface area contributed by atoms with Gasteiger partial charge >= 0.3 is 0 Å². The Balaban J connectivity index is 1.94. The van der Waals surface area contributed by atoms with E-state index >= 15 is 0 Å². The molecule has 0 saturated carbocycles. The molecule has 0 unspecified atom stereocenters. The monoisotopic (exact) mass is 535 g/mol. The number of carbonyl (C=O) groups is 1. The van der Waals surface area contributed by atoms with Gasteiger partial charge in [0.1, 0.15) is 5.75 Å². The molecule has 0 N–H and O–H groups in total. The molecule has 3 aromatic carbocycles. The summed E-state index contributed by atoms with van der Waals surface area (Å²) in [5.41, 5.74) is 1.33. The molecule has 1 amide bonds. The minimum atomic E-state index is -4.18. The topological polar surface area (TPSA) is 63.7 Å². The highest BCUT2D eigenvalue weighted by atomic mass is 79.9. The van der Waals surface area contributed by atoms with Gasteiger partial charge < -0.3 is 4.74 Å². The number of benzene rings is 3. The van der Waals surface area contributed by atoms with Gasteiger partial charge in [0, 0.05) is 5.02 Å². The van der Waals surface area contributed by atoms with Crippen LogP contribution in [0.1, 0.15) is 25.3 Å². The van der Waals surface area contributed by atoms with Crippen LogP contribution in [0.15, 0.2) is 82.2 Å².